The molecule has 0 saturated carbocycles. The van der Waals surface area contributed by atoms with Crippen LogP contribution in [0.2, 0.25) is 0 Å². The van der Waals surface area contributed by atoms with E-state index in [0.29, 0.717) is 6.04 Å². The van der Waals surface area contributed by atoms with Gasteiger partial charge in [-0.1, -0.05) is 29.8 Å². The molecule has 0 unspecified atom stereocenters. The molecule has 0 spiro atoms. The van der Waals surface area contributed by atoms with E-state index in [1.54, 1.807) is 5.56 Å². The summed E-state index contributed by atoms with van der Waals surface area (Å²) in [7, 11) is 0. The minimum Gasteiger partial charge on any atom is -0.353 e. The Labute approximate surface area is 148 Å². The highest BCUT2D eigenvalue weighted by Gasteiger charge is 2.26. The summed E-state index contributed by atoms with van der Waals surface area (Å²) in [6.45, 7) is 3.35. The quantitative estimate of drug-likeness (QED) is 0.530. The molecule has 3 heteroatoms. The van der Waals surface area contributed by atoms with E-state index in [-0.39, 0.29) is 0 Å². The Balaban J connectivity index is 1.43. The minimum absolute atomic E-state index is 0.595. The molecule has 0 radical (unpaired) electrons. The van der Waals surface area contributed by atoms with Gasteiger partial charge in [0.15, 0.2) is 0 Å². The summed E-state index contributed by atoms with van der Waals surface area (Å²) in [4.78, 5) is 5.09. The average Bonchev–Trinajstić information content (AvgIpc) is 2.98. The van der Waals surface area contributed by atoms with E-state index in [2.05, 4.69) is 65.8 Å². The number of aromatic amines is 1. The zero-order chi connectivity index (χ0) is 16.4. The number of aryl methyl sites for hydroxylation is 2. The molecule has 0 fully saturated rings. The number of fused-ring (bicyclic) bond motifs is 3. The molecule has 0 bridgehead atoms. The lowest BCUT2D eigenvalue weighted by Gasteiger charge is -2.21. The van der Waals surface area contributed by atoms with Crippen molar-refractivity contribution in [1.29, 1.82) is 0 Å². The number of hydrogen-bond donors (Lipinski definition) is 2. The summed E-state index contributed by atoms with van der Waals surface area (Å²) >= 11 is 1.96. The molecule has 4 rings (SSSR count). The summed E-state index contributed by atoms with van der Waals surface area (Å²) in [5.74, 6) is 1.16. The van der Waals surface area contributed by atoms with Gasteiger partial charge in [-0.2, -0.15) is 0 Å². The second kappa shape index (κ2) is 7.04. The highest BCUT2D eigenvalue weighted by Crippen LogP contribution is 2.33. The summed E-state index contributed by atoms with van der Waals surface area (Å²) < 4.78 is 0. The second-order valence-electron chi connectivity index (χ2n) is 6.75. The molecule has 0 saturated heterocycles. The van der Waals surface area contributed by atoms with Crippen LogP contribution in [-0.2, 0) is 6.42 Å². The van der Waals surface area contributed by atoms with E-state index in [9.17, 15) is 0 Å². The maximum Gasteiger partial charge on any atom is 0.127 e. The maximum absolute atomic E-state index is 3.71. The largest absolute Gasteiger partial charge is 0.353 e. The molecule has 3 N–H and O–H groups in total. The number of rotatable bonds is 5. The van der Waals surface area contributed by atoms with E-state index in [0.717, 1.165) is 12.3 Å². The molecule has 0 aliphatic heterocycles. The Morgan fingerprint density at radius 3 is 2.92 bits per heavy atom. The topological polar surface area (TPSA) is 32.4 Å². The molecule has 1 aromatic heterocycles. The van der Waals surface area contributed by atoms with Gasteiger partial charge in [0.05, 0.1) is 12.2 Å². The van der Waals surface area contributed by atoms with Crippen LogP contribution in [-0.4, -0.2) is 17.3 Å². The predicted octanol–water partition coefficient (Wildman–Crippen LogP) is 4.21. The number of aromatic nitrogens is 1. The Kier molecular flexibility index (Phi) is 4.63. The van der Waals surface area contributed by atoms with Crippen molar-refractivity contribution >= 4 is 22.7 Å². The van der Waals surface area contributed by atoms with E-state index in [1.807, 2.05) is 11.8 Å². The van der Waals surface area contributed by atoms with Gasteiger partial charge in [-0.25, -0.2) is 0 Å². The SMILES string of the molecule is Cc1ccc2[nH]c3c(c2c1)CCC[C@@H]3[NH2+]CCSc1ccccc1. The Bertz CT molecular complexity index is 822. The van der Waals surface area contributed by atoms with Crippen LogP contribution in [0.5, 0.6) is 0 Å². The minimum atomic E-state index is 0.595. The lowest BCUT2D eigenvalue weighted by molar-refractivity contribution is -0.694. The molecule has 3 aromatic rings. The molecule has 1 atom stereocenters. The maximum atomic E-state index is 3.71. The number of thioether (sulfide) groups is 1. The lowest BCUT2D eigenvalue weighted by atomic mass is 9.91. The number of hydrogen-bond acceptors (Lipinski definition) is 1. The molecular formula is C21H25N2S+. The fraction of sp³-hybridized carbons (Fsp3) is 0.333. The van der Waals surface area contributed by atoms with Gasteiger partial charge in [0.1, 0.15) is 6.04 Å². The molecule has 124 valence electrons. The third kappa shape index (κ3) is 3.24. The van der Waals surface area contributed by atoms with E-state index >= 15 is 0 Å². The third-order valence-electron chi connectivity index (χ3n) is 4.99. The highest BCUT2D eigenvalue weighted by molar-refractivity contribution is 7.99. The van der Waals surface area contributed by atoms with Crippen LogP contribution in [0, 0.1) is 6.92 Å². The normalized spacial score (nSPS) is 17.1. The fourth-order valence-corrected chi connectivity index (χ4v) is 4.65. The molecule has 2 nitrogen and oxygen atoms in total. The van der Waals surface area contributed by atoms with Gasteiger partial charge in [0, 0.05) is 28.0 Å². The fourth-order valence-electron chi connectivity index (χ4n) is 3.81. The predicted molar refractivity (Wildman–Crippen MR) is 103 cm³/mol. The lowest BCUT2D eigenvalue weighted by Crippen LogP contribution is -2.86. The van der Waals surface area contributed by atoms with E-state index in [4.69, 9.17) is 0 Å². The molecule has 1 aliphatic rings. The number of benzene rings is 2. The Hall–Kier alpha value is -1.71. The first kappa shape index (κ1) is 15.8. The van der Waals surface area contributed by atoms with Gasteiger partial charge in [-0.15, -0.1) is 11.8 Å². The molecule has 0 amide bonds. The molecule has 1 heterocycles. The van der Waals surface area contributed by atoms with Crippen molar-refractivity contribution < 1.29 is 5.32 Å². The first-order valence-electron chi connectivity index (χ1n) is 8.93. The molecular weight excluding hydrogens is 312 g/mol. The van der Waals surface area contributed by atoms with Crippen molar-refractivity contribution in [3.8, 4) is 0 Å². The summed E-state index contributed by atoms with van der Waals surface area (Å²) in [6, 6.07) is 18.1. The highest BCUT2D eigenvalue weighted by atomic mass is 32.2. The van der Waals surface area contributed by atoms with Crippen molar-refractivity contribution in [2.75, 3.05) is 12.3 Å². The van der Waals surface area contributed by atoms with Crippen molar-refractivity contribution in [3.05, 3.63) is 65.4 Å². The number of nitrogens with one attached hydrogen (secondary N) is 1. The first-order chi connectivity index (χ1) is 11.8. The average molecular weight is 338 g/mol. The third-order valence-corrected chi connectivity index (χ3v) is 6.03. The Morgan fingerprint density at radius 1 is 1.17 bits per heavy atom. The van der Waals surface area contributed by atoms with Crippen LogP contribution in [0.3, 0.4) is 0 Å². The van der Waals surface area contributed by atoms with Crippen LogP contribution in [0.4, 0.5) is 0 Å². The molecule has 1 aliphatic carbocycles. The summed E-state index contributed by atoms with van der Waals surface area (Å²) in [5.41, 5.74) is 5.71. The standard InChI is InChI=1S/C21H24N2S/c1-15-10-11-19-18(14-15)17-8-5-9-20(21(17)23-19)22-12-13-24-16-6-3-2-4-7-16/h2-4,6-7,10-11,14,20,22-23H,5,8-9,12-13H2,1H3/p+1/t20-/m0/s1. The van der Waals surface area contributed by atoms with Crippen LogP contribution in [0.15, 0.2) is 53.4 Å². The van der Waals surface area contributed by atoms with Gasteiger partial charge >= 0.3 is 0 Å². The van der Waals surface area contributed by atoms with Gasteiger partial charge in [-0.3, -0.25) is 0 Å². The van der Waals surface area contributed by atoms with Gasteiger partial charge in [0.2, 0.25) is 0 Å². The van der Waals surface area contributed by atoms with Crippen molar-refractivity contribution in [2.24, 2.45) is 0 Å². The van der Waals surface area contributed by atoms with Gasteiger partial charge in [-0.05, 0) is 49.6 Å². The van der Waals surface area contributed by atoms with Gasteiger partial charge in [0.25, 0.3) is 0 Å². The second-order valence-corrected chi connectivity index (χ2v) is 7.92. The number of H-pyrrole nitrogens is 1. The first-order valence-corrected chi connectivity index (χ1v) is 9.92. The van der Waals surface area contributed by atoms with Crippen molar-refractivity contribution in [2.45, 2.75) is 37.1 Å². The summed E-state index contributed by atoms with van der Waals surface area (Å²) in [6.07, 6.45) is 3.82. The smallest absolute Gasteiger partial charge is 0.127 e. The van der Waals surface area contributed by atoms with Crippen LogP contribution >= 0.6 is 11.8 Å². The van der Waals surface area contributed by atoms with Gasteiger partial charge < -0.3 is 10.3 Å². The Morgan fingerprint density at radius 2 is 2.04 bits per heavy atom. The van der Waals surface area contributed by atoms with Crippen LogP contribution < -0.4 is 5.32 Å². The number of nitrogens with two attached hydrogens (primary N) is 1. The zero-order valence-corrected chi connectivity index (χ0v) is 15.0. The van der Waals surface area contributed by atoms with Crippen molar-refractivity contribution in [3.63, 3.8) is 0 Å². The van der Waals surface area contributed by atoms with Crippen LogP contribution in [0.25, 0.3) is 10.9 Å². The van der Waals surface area contributed by atoms with E-state index in [1.165, 1.54) is 46.3 Å². The molecule has 24 heavy (non-hydrogen) atoms. The van der Waals surface area contributed by atoms with Crippen molar-refractivity contribution in [1.82, 2.24) is 4.98 Å². The zero-order valence-electron chi connectivity index (χ0n) is 14.2. The number of quaternary nitrogens is 1. The van der Waals surface area contributed by atoms with Crippen LogP contribution in [0.1, 0.15) is 35.7 Å². The summed E-state index contributed by atoms with van der Waals surface area (Å²) in [5, 5.41) is 3.98. The molecule has 2 aromatic carbocycles. The van der Waals surface area contributed by atoms with E-state index < -0.39 is 0 Å². The monoisotopic (exact) mass is 337 g/mol.